The van der Waals surface area contributed by atoms with Crippen LogP contribution < -0.4 is 10.1 Å². The number of ether oxygens (including phenoxy) is 2. The lowest BCUT2D eigenvalue weighted by atomic mass is 10.1. The molecule has 1 atom stereocenters. The summed E-state index contributed by atoms with van der Waals surface area (Å²) in [5, 5.41) is 10.6. The van der Waals surface area contributed by atoms with Crippen molar-refractivity contribution in [1.29, 1.82) is 0 Å². The summed E-state index contributed by atoms with van der Waals surface area (Å²) in [6, 6.07) is 12.9. The van der Waals surface area contributed by atoms with Crippen molar-refractivity contribution in [2.24, 2.45) is 0 Å². The number of anilines is 1. The maximum atomic E-state index is 12.6. The van der Waals surface area contributed by atoms with Gasteiger partial charge in [-0.15, -0.1) is 0 Å². The molecule has 1 amide bonds. The number of fused-ring (bicyclic) bond motifs is 1. The maximum absolute atomic E-state index is 12.6. The Morgan fingerprint density at radius 3 is 2.70 bits per heavy atom. The van der Waals surface area contributed by atoms with Gasteiger partial charge in [-0.05, 0) is 11.6 Å². The van der Waals surface area contributed by atoms with Crippen molar-refractivity contribution >= 4 is 22.5 Å². The number of carbonyl (C=O) groups is 1. The Labute approximate surface area is 133 Å². The van der Waals surface area contributed by atoms with Gasteiger partial charge in [-0.1, -0.05) is 30.3 Å². The first kappa shape index (κ1) is 15.1. The predicted octanol–water partition coefficient (Wildman–Crippen LogP) is 2.90. The van der Waals surface area contributed by atoms with Gasteiger partial charge in [-0.25, -0.2) is 0 Å². The van der Waals surface area contributed by atoms with Gasteiger partial charge < -0.3 is 14.8 Å². The van der Waals surface area contributed by atoms with E-state index in [4.69, 9.17) is 9.47 Å². The number of amides is 1. The highest BCUT2D eigenvalue weighted by atomic mass is 16.5. The second-order valence-corrected chi connectivity index (χ2v) is 5.03. The number of nitrogens with one attached hydrogen (secondary N) is 2. The minimum absolute atomic E-state index is 0.264. The van der Waals surface area contributed by atoms with E-state index in [1.807, 2.05) is 36.4 Å². The van der Waals surface area contributed by atoms with Crippen LogP contribution in [-0.4, -0.2) is 30.3 Å². The van der Waals surface area contributed by atoms with Gasteiger partial charge in [0, 0.05) is 18.6 Å². The number of hydrogen-bond acceptors (Lipinski definition) is 4. The third-order valence-electron chi connectivity index (χ3n) is 3.59. The van der Waals surface area contributed by atoms with Crippen LogP contribution in [0, 0.1) is 0 Å². The van der Waals surface area contributed by atoms with Crippen LogP contribution in [0.25, 0.3) is 10.9 Å². The van der Waals surface area contributed by atoms with E-state index in [0.29, 0.717) is 11.4 Å². The molecule has 23 heavy (non-hydrogen) atoms. The molecular formula is C17H17N3O3. The van der Waals surface area contributed by atoms with Crippen molar-refractivity contribution in [3.8, 4) is 5.75 Å². The number of methoxy groups -OCH3 is 2. The number of H-pyrrole nitrogens is 1. The Bertz CT molecular complexity index is 814. The monoisotopic (exact) mass is 311 g/mol. The molecule has 2 aromatic carbocycles. The van der Waals surface area contributed by atoms with E-state index in [2.05, 4.69) is 15.5 Å². The standard InChI is InChI=1S/C17H17N3O3/c1-22-15-9-13-12(10-18-20-13)8-14(15)19-17(21)16(23-2)11-6-4-3-5-7-11/h3-10,16H,1-2H3,(H,18,20)(H,19,21)/t16-/m1/s1. The Kier molecular flexibility index (Phi) is 4.25. The van der Waals surface area contributed by atoms with Crippen molar-refractivity contribution in [3.05, 3.63) is 54.2 Å². The molecule has 0 saturated heterocycles. The Morgan fingerprint density at radius 2 is 2.00 bits per heavy atom. The highest BCUT2D eigenvalue weighted by Crippen LogP contribution is 2.30. The van der Waals surface area contributed by atoms with Crippen LogP contribution in [0.2, 0.25) is 0 Å². The van der Waals surface area contributed by atoms with Crippen LogP contribution in [0.3, 0.4) is 0 Å². The van der Waals surface area contributed by atoms with Gasteiger partial charge in [-0.2, -0.15) is 5.10 Å². The Hall–Kier alpha value is -2.86. The summed E-state index contributed by atoms with van der Waals surface area (Å²) in [6.45, 7) is 0. The summed E-state index contributed by atoms with van der Waals surface area (Å²) in [5.41, 5.74) is 2.20. The van der Waals surface area contributed by atoms with E-state index >= 15 is 0 Å². The van der Waals surface area contributed by atoms with Crippen molar-refractivity contribution in [2.45, 2.75) is 6.10 Å². The Balaban J connectivity index is 1.89. The molecule has 1 aromatic heterocycles. The van der Waals surface area contributed by atoms with Gasteiger partial charge in [0.1, 0.15) is 5.75 Å². The number of nitrogens with zero attached hydrogens (tertiary/aromatic N) is 1. The molecule has 1 heterocycles. The van der Waals surface area contributed by atoms with E-state index < -0.39 is 6.10 Å². The SMILES string of the molecule is COc1cc2[nH]ncc2cc1NC(=O)[C@H](OC)c1ccccc1. The molecule has 0 spiro atoms. The molecule has 6 heteroatoms. The minimum Gasteiger partial charge on any atom is -0.494 e. The van der Waals surface area contributed by atoms with Crippen LogP contribution >= 0.6 is 0 Å². The zero-order chi connectivity index (χ0) is 16.2. The first-order valence-corrected chi connectivity index (χ1v) is 7.12. The maximum Gasteiger partial charge on any atom is 0.258 e. The molecule has 3 aromatic rings. The zero-order valence-electron chi connectivity index (χ0n) is 12.9. The lowest BCUT2D eigenvalue weighted by molar-refractivity contribution is -0.126. The quantitative estimate of drug-likeness (QED) is 0.759. The largest absolute Gasteiger partial charge is 0.494 e. The molecule has 0 bridgehead atoms. The average molecular weight is 311 g/mol. The first-order valence-electron chi connectivity index (χ1n) is 7.12. The van der Waals surface area contributed by atoms with E-state index in [1.54, 1.807) is 19.4 Å². The van der Waals surface area contributed by atoms with E-state index in [0.717, 1.165) is 16.5 Å². The first-order chi connectivity index (χ1) is 11.2. The highest BCUT2D eigenvalue weighted by molar-refractivity contribution is 5.98. The van der Waals surface area contributed by atoms with Crippen LogP contribution in [-0.2, 0) is 9.53 Å². The highest BCUT2D eigenvalue weighted by Gasteiger charge is 2.21. The molecule has 0 saturated carbocycles. The van der Waals surface area contributed by atoms with E-state index in [9.17, 15) is 4.79 Å². The lowest BCUT2D eigenvalue weighted by Gasteiger charge is -2.17. The molecular weight excluding hydrogens is 294 g/mol. The molecule has 0 aliphatic heterocycles. The molecule has 118 valence electrons. The van der Waals surface area contributed by atoms with Crippen molar-refractivity contribution < 1.29 is 14.3 Å². The van der Waals surface area contributed by atoms with Gasteiger partial charge in [0.2, 0.25) is 0 Å². The summed E-state index contributed by atoms with van der Waals surface area (Å²) in [7, 11) is 3.06. The third-order valence-corrected chi connectivity index (χ3v) is 3.59. The normalized spacial score (nSPS) is 12.1. The van der Waals surface area contributed by atoms with Crippen molar-refractivity contribution in [1.82, 2.24) is 10.2 Å². The fourth-order valence-corrected chi connectivity index (χ4v) is 2.46. The summed E-state index contributed by atoms with van der Waals surface area (Å²) in [6.07, 6.45) is 0.996. The molecule has 0 aliphatic rings. The zero-order valence-corrected chi connectivity index (χ0v) is 12.9. The number of aromatic nitrogens is 2. The van der Waals surface area contributed by atoms with Crippen molar-refractivity contribution in [3.63, 3.8) is 0 Å². The minimum atomic E-state index is -0.694. The molecule has 0 radical (unpaired) electrons. The van der Waals surface area contributed by atoms with Gasteiger partial charge in [0.05, 0.1) is 24.5 Å². The number of carbonyl (C=O) groups excluding carboxylic acids is 1. The van der Waals surface area contributed by atoms with E-state index in [-0.39, 0.29) is 5.91 Å². The smallest absolute Gasteiger partial charge is 0.258 e. The molecule has 2 N–H and O–H groups in total. The number of hydrogen-bond donors (Lipinski definition) is 2. The molecule has 0 aliphatic carbocycles. The van der Waals surface area contributed by atoms with E-state index in [1.165, 1.54) is 7.11 Å². The molecule has 6 nitrogen and oxygen atoms in total. The summed E-state index contributed by atoms with van der Waals surface area (Å²) in [5.74, 6) is 0.290. The summed E-state index contributed by atoms with van der Waals surface area (Å²) < 4.78 is 10.7. The second kappa shape index (κ2) is 6.50. The van der Waals surface area contributed by atoms with Gasteiger partial charge in [0.15, 0.2) is 6.10 Å². The third kappa shape index (κ3) is 3.02. The Morgan fingerprint density at radius 1 is 1.22 bits per heavy atom. The lowest BCUT2D eigenvalue weighted by Crippen LogP contribution is -2.22. The second-order valence-electron chi connectivity index (χ2n) is 5.03. The average Bonchev–Trinajstić information content (AvgIpc) is 3.03. The molecule has 0 fully saturated rings. The van der Waals surface area contributed by atoms with Crippen molar-refractivity contribution in [2.75, 3.05) is 19.5 Å². The van der Waals surface area contributed by atoms with Crippen LogP contribution in [0.1, 0.15) is 11.7 Å². The summed E-state index contributed by atoms with van der Waals surface area (Å²) in [4.78, 5) is 12.6. The van der Waals surface area contributed by atoms with Gasteiger partial charge in [0.25, 0.3) is 5.91 Å². The topological polar surface area (TPSA) is 76.2 Å². The number of aromatic amines is 1. The van der Waals surface area contributed by atoms with Crippen LogP contribution in [0.15, 0.2) is 48.7 Å². The number of rotatable bonds is 5. The molecule has 0 unspecified atom stereocenters. The number of benzene rings is 2. The fraction of sp³-hybridized carbons (Fsp3) is 0.176. The predicted molar refractivity (Wildman–Crippen MR) is 87.5 cm³/mol. The van der Waals surface area contributed by atoms with Gasteiger partial charge in [-0.3, -0.25) is 9.89 Å². The fourth-order valence-electron chi connectivity index (χ4n) is 2.46. The van der Waals surface area contributed by atoms with Gasteiger partial charge >= 0.3 is 0 Å². The van der Waals surface area contributed by atoms with Crippen LogP contribution in [0.5, 0.6) is 5.75 Å². The molecule has 3 rings (SSSR count). The summed E-state index contributed by atoms with van der Waals surface area (Å²) >= 11 is 0. The van der Waals surface area contributed by atoms with Crippen LogP contribution in [0.4, 0.5) is 5.69 Å².